The van der Waals surface area contributed by atoms with Crippen LogP contribution in [0.1, 0.15) is 32.4 Å². The fraction of sp³-hybridized carbons (Fsp3) is 0.417. The number of nitrogens with zero attached hydrogens (tertiary/aromatic N) is 1. The Morgan fingerprint density at radius 2 is 2.21 bits per heavy atom. The van der Waals surface area contributed by atoms with Crippen molar-refractivity contribution in [2.45, 2.75) is 32.4 Å². The minimum absolute atomic E-state index is 0.117. The van der Waals surface area contributed by atoms with Gasteiger partial charge in [0.15, 0.2) is 0 Å². The Hall–Kier alpha value is -1.69. The number of ether oxygens (including phenoxy) is 1. The number of halogens is 2. The van der Waals surface area contributed by atoms with E-state index in [2.05, 4.69) is 10.3 Å². The number of alkyl carbamates (subject to hydrolysis) is 1. The molecule has 1 unspecified atom stereocenters. The molecule has 1 aromatic heterocycles. The lowest BCUT2D eigenvalue weighted by Gasteiger charge is -2.21. The van der Waals surface area contributed by atoms with Crippen molar-refractivity contribution < 1.29 is 18.7 Å². The molecule has 1 heterocycles. The van der Waals surface area contributed by atoms with Crippen LogP contribution in [0.2, 0.25) is 5.02 Å². The molecule has 0 saturated carbocycles. The highest BCUT2D eigenvalue weighted by atomic mass is 35.5. The monoisotopic (exact) mass is 288 g/mol. The van der Waals surface area contributed by atoms with Crippen LogP contribution in [0.3, 0.4) is 0 Å². The second-order valence-electron chi connectivity index (χ2n) is 4.79. The Labute approximate surface area is 115 Å². The van der Waals surface area contributed by atoms with Crippen molar-refractivity contribution in [3.05, 3.63) is 28.8 Å². The Balaban J connectivity index is 2.87. The predicted octanol–water partition coefficient (Wildman–Crippen LogP) is 2.64. The summed E-state index contributed by atoms with van der Waals surface area (Å²) in [4.78, 5) is 25.9. The summed E-state index contributed by atoms with van der Waals surface area (Å²) in [7, 11) is 0. The minimum atomic E-state index is -1.21. The Bertz CT molecular complexity index is 488. The van der Waals surface area contributed by atoms with Crippen molar-refractivity contribution in [1.82, 2.24) is 10.3 Å². The fourth-order valence-corrected chi connectivity index (χ4v) is 1.44. The zero-order chi connectivity index (χ0) is 14.6. The first-order valence-corrected chi connectivity index (χ1v) is 5.86. The summed E-state index contributed by atoms with van der Waals surface area (Å²) in [5, 5.41) is 2.40. The third-order valence-corrected chi connectivity index (χ3v) is 2.18. The quantitative estimate of drug-likeness (QED) is 0.686. The number of carbonyl (C=O) groups excluding carboxylic acids is 2. The molecule has 0 spiro atoms. The first kappa shape index (κ1) is 15.4. The number of nitrogens with one attached hydrogen (secondary N) is 1. The number of aldehydes is 1. The molecule has 1 N–H and O–H groups in total. The zero-order valence-electron chi connectivity index (χ0n) is 10.7. The first-order chi connectivity index (χ1) is 8.73. The topological polar surface area (TPSA) is 68.3 Å². The van der Waals surface area contributed by atoms with Crippen LogP contribution in [0.5, 0.6) is 0 Å². The van der Waals surface area contributed by atoms with Gasteiger partial charge in [0.2, 0.25) is 5.95 Å². The molecule has 1 amide bonds. The van der Waals surface area contributed by atoms with Gasteiger partial charge in [-0.2, -0.15) is 4.39 Å². The molecule has 5 nitrogen and oxygen atoms in total. The highest BCUT2D eigenvalue weighted by molar-refractivity contribution is 6.30. The highest BCUT2D eigenvalue weighted by Gasteiger charge is 2.22. The molecule has 0 aliphatic rings. The van der Waals surface area contributed by atoms with Crippen LogP contribution < -0.4 is 5.32 Å². The molecule has 0 fully saturated rings. The van der Waals surface area contributed by atoms with Crippen LogP contribution in [0.4, 0.5) is 9.18 Å². The normalized spacial score (nSPS) is 12.7. The van der Waals surface area contributed by atoms with E-state index < -0.39 is 23.7 Å². The minimum Gasteiger partial charge on any atom is -0.444 e. The largest absolute Gasteiger partial charge is 0.444 e. The summed E-state index contributed by atoms with van der Waals surface area (Å²) >= 11 is 5.67. The van der Waals surface area contributed by atoms with Gasteiger partial charge < -0.3 is 14.8 Å². The third kappa shape index (κ3) is 4.82. The standard InChI is InChI=1S/C12H14ClFN2O3/c1-12(2,3)19-11(18)16-9(6-17)8-4-7(13)5-15-10(8)14/h4-6,9H,1-3H3,(H,16,18). The molecule has 1 atom stereocenters. The van der Waals surface area contributed by atoms with Gasteiger partial charge in [0.05, 0.1) is 5.02 Å². The van der Waals surface area contributed by atoms with E-state index in [0.717, 1.165) is 6.20 Å². The summed E-state index contributed by atoms with van der Waals surface area (Å²) in [5.74, 6) is -0.877. The fourth-order valence-electron chi connectivity index (χ4n) is 1.28. The summed E-state index contributed by atoms with van der Waals surface area (Å²) in [5.41, 5.74) is -0.837. The number of rotatable bonds is 3. The van der Waals surface area contributed by atoms with Gasteiger partial charge in [-0.15, -0.1) is 0 Å². The molecular formula is C12H14ClFN2O3. The molecule has 1 aromatic rings. The van der Waals surface area contributed by atoms with Crippen LogP contribution in [0.25, 0.3) is 0 Å². The maximum Gasteiger partial charge on any atom is 0.408 e. The molecule has 0 aliphatic heterocycles. The van der Waals surface area contributed by atoms with Crippen molar-refractivity contribution >= 4 is 24.0 Å². The van der Waals surface area contributed by atoms with Crippen LogP contribution in [-0.4, -0.2) is 23.0 Å². The zero-order valence-corrected chi connectivity index (χ0v) is 11.5. The van der Waals surface area contributed by atoms with Crippen LogP contribution in [0.15, 0.2) is 12.3 Å². The van der Waals surface area contributed by atoms with Gasteiger partial charge in [-0.3, -0.25) is 0 Å². The summed E-state index contributed by atoms with van der Waals surface area (Å²) in [6.45, 7) is 5.01. The smallest absolute Gasteiger partial charge is 0.408 e. The molecule has 19 heavy (non-hydrogen) atoms. The molecule has 0 aliphatic carbocycles. The first-order valence-electron chi connectivity index (χ1n) is 5.48. The Kier molecular flexibility index (Phi) is 4.83. The van der Waals surface area contributed by atoms with Crippen molar-refractivity contribution in [3.8, 4) is 0 Å². The average Bonchev–Trinajstić information content (AvgIpc) is 2.27. The number of hydrogen-bond donors (Lipinski definition) is 1. The Morgan fingerprint density at radius 3 is 2.74 bits per heavy atom. The van der Waals surface area contributed by atoms with Gasteiger partial charge in [0.1, 0.15) is 17.9 Å². The lowest BCUT2D eigenvalue weighted by molar-refractivity contribution is -0.109. The van der Waals surface area contributed by atoms with Crippen LogP contribution >= 0.6 is 11.6 Å². The predicted molar refractivity (Wildman–Crippen MR) is 67.4 cm³/mol. The van der Waals surface area contributed by atoms with E-state index in [1.54, 1.807) is 20.8 Å². The van der Waals surface area contributed by atoms with Gasteiger partial charge in [-0.25, -0.2) is 9.78 Å². The molecular weight excluding hydrogens is 275 g/mol. The Morgan fingerprint density at radius 1 is 1.58 bits per heavy atom. The average molecular weight is 289 g/mol. The van der Waals surface area contributed by atoms with E-state index in [-0.39, 0.29) is 10.6 Å². The number of carbonyl (C=O) groups is 2. The lowest BCUT2D eigenvalue weighted by atomic mass is 10.1. The molecule has 1 rings (SSSR count). The van der Waals surface area contributed by atoms with Crippen LogP contribution in [-0.2, 0) is 9.53 Å². The van der Waals surface area contributed by atoms with Crippen molar-refractivity contribution in [3.63, 3.8) is 0 Å². The van der Waals surface area contributed by atoms with E-state index >= 15 is 0 Å². The van der Waals surface area contributed by atoms with Gasteiger partial charge in [-0.05, 0) is 26.8 Å². The number of amides is 1. The van der Waals surface area contributed by atoms with E-state index in [4.69, 9.17) is 16.3 Å². The second kappa shape index (κ2) is 5.97. The molecule has 0 aromatic carbocycles. The van der Waals surface area contributed by atoms with Gasteiger partial charge in [0.25, 0.3) is 0 Å². The molecule has 0 bridgehead atoms. The van der Waals surface area contributed by atoms with Crippen molar-refractivity contribution in [2.24, 2.45) is 0 Å². The van der Waals surface area contributed by atoms with E-state index in [1.165, 1.54) is 6.07 Å². The molecule has 104 valence electrons. The summed E-state index contributed by atoms with van der Waals surface area (Å²) in [6.07, 6.45) is 0.653. The van der Waals surface area contributed by atoms with E-state index in [0.29, 0.717) is 6.29 Å². The molecule has 0 saturated heterocycles. The molecule has 0 radical (unpaired) electrons. The second-order valence-corrected chi connectivity index (χ2v) is 5.23. The third-order valence-electron chi connectivity index (χ3n) is 1.98. The van der Waals surface area contributed by atoms with Crippen LogP contribution in [0, 0.1) is 5.95 Å². The highest BCUT2D eigenvalue weighted by Crippen LogP contribution is 2.19. The van der Waals surface area contributed by atoms with E-state index in [1.807, 2.05) is 0 Å². The number of hydrogen-bond acceptors (Lipinski definition) is 4. The number of aromatic nitrogens is 1. The maximum atomic E-state index is 13.5. The maximum absolute atomic E-state index is 13.5. The summed E-state index contributed by atoms with van der Waals surface area (Å²) in [6, 6.07) is 0.0152. The van der Waals surface area contributed by atoms with Crippen molar-refractivity contribution in [1.29, 1.82) is 0 Å². The summed E-state index contributed by atoms with van der Waals surface area (Å²) < 4.78 is 18.5. The lowest BCUT2D eigenvalue weighted by Crippen LogP contribution is -2.36. The number of pyridine rings is 1. The van der Waals surface area contributed by atoms with E-state index in [9.17, 15) is 14.0 Å². The molecule has 7 heteroatoms. The van der Waals surface area contributed by atoms with Gasteiger partial charge in [0, 0.05) is 11.8 Å². The SMILES string of the molecule is CC(C)(C)OC(=O)NC(C=O)c1cc(Cl)cnc1F. The van der Waals surface area contributed by atoms with Crippen molar-refractivity contribution in [2.75, 3.05) is 0 Å². The van der Waals surface area contributed by atoms with Gasteiger partial charge in [-0.1, -0.05) is 11.6 Å². The van der Waals surface area contributed by atoms with Gasteiger partial charge >= 0.3 is 6.09 Å².